The number of amides is 2. The lowest BCUT2D eigenvalue weighted by molar-refractivity contribution is -0.384. The molecule has 42 heavy (non-hydrogen) atoms. The molecule has 3 fully saturated rings. The van der Waals surface area contributed by atoms with Gasteiger partial charge in [-0.25, -0.2) is 8.42 Å². The summed E-state index contributed by atoms with van der Waals surface area (Å²) >= 11 is 0. The van der Waals surface area contributed by atoms with Gasteiger partial charge in [0.1, 0.15) is 6.04 Å². The molecule has 3 aliphatic rings. The molecule has 0 spiro atoms. The lowest BCUT2D eigenvalue weighted by atomic mass is 10.0. The summed E-state index contributed by atoms with van der Waals surface area (Å²) in [5.74, 6) is -0.923. The fourth-order valence-electron chi connectivity index (χ4n) is 7.00. The quantitative estimate of drug-likeness (QED) is 0.317. The van der Waals surface area contributed by atoms with Crippen LogP contribution in [0.4, 0.5) is 17.1 Å². The standard InChI is InChI=1S/C30H33N5O6S/c1-19-28-25(34(29(19)36)20-12-14-21(15-13-20)35(38)39)16-18-32(28)30(37)26-10-6-17-33(26)42(40,41)27-11-5-7-22-23(27)8-4-9-24(22)31(2)3/h4-5,7-9,11-15,19,25-26,28H,6,10,16-18H2,1-3H3/t19-,25-,26-,28+/m0/s1. The van der Waals surface area contributed by atoms with Crippen LogP contribution in [0.2, 0.25) is 0 Å². The molecule has 0 N–H and O–H groups in total. The summed E-state index contributed by atoms with van der Waals surface area (Å²) in [6.07, 6.45) is 1.52. The number of rotatable bonds is 6. The summed E-state index contributed by atoms with van der Waals surface area (Å²) in [5.41, 5.74) is 1.39. The van der Waals surface area contributed by atoms with Gasteiger partial charge in [0.2, 0.25) is 21.8 Å². The molecule has 0 unspecified atom stereocenters. The Bertz CT molecular complexity index is 1690. The van der Waals surface area contributed by atoms with Crippen LogP contribution in [0.1, 0.15) is 26.2 Å². The summed E-state index contributed by atoms with van der Waals surface area (Å²) in [6.45, 7) is 2.44. The Kier molecular flexibility index (Phi) is 6.93. The molecule has 3 heterocycles. The number of nitrogens with zero attached hydrogens (tertiary/aromatic N) is 5. The molecular weight excluding hydrogens is 558 g/mol. The number of nitro benzene ring substituents is 1. The van der Waals surface area contributed by atoms with Gasteiger partial charge in [-0.15, -0.1) is 0 Å². The SMILES string of the molecule is C[C@@H]1C(=O)N(c2ccc([N+](=O)[O-])cc2)[C@H]2CCN(C(=O)[C@@H]3CCCN3S(=O)(=O)c3cccc4c(N(C)C)cccc34)[C@H]12. The fraction of sp³-hybridized carbons (Fsp3) is 0.400. The fourth-order valence-corrected chi connectivity index (χ4v) is 8.85. The molecule has 12 heteroatoms. The van der Waals surface area contributed by atoms with Crippen molar-refractivity contribution in [3.8, 4) is 0 Å². The van der Waals surface area contributed by atoms with Crippen LogP contribution in [0.25, 0.3) is 10.8 Å². The van der Waals surface area contributed by atoms with E-state index in [-0.39, 0.29) is 35.0 Å². The average molecular weight is 592 g/mol. The number of anilines is 2. The molecule has 11 nitrogen and oxygen atoms in total. The molecule has 6 rings (SSSR count). The number of benzene rings is 3. The first kappa shape index (κ1) is 28.1. The van der Waals surface area contributed by atoms with Gasteiger partial charge in [0.25, 0.3) is 5.69 Å². The molecule has 3 aromatic rings. The molecular formula is C30H33N5O6S. The van der Waals surface area contributed by atoms with Gasteiger partial charge in [0.05, 0.1) is 27.8 Å². The van der Waals surface area contributed by atoms with Gasteiger partial charge in [0.15, 0.2) is 0 Å². The van der Waals surface area contributed by atoms with Crippen molar-refractivity contribution in [1.82, 2.24) is 9.21 Å². The second-order valence-electron chi connectivity index (χ2n) is 11.4. The van der Waals surface area contributed by atoms with Crippen LogP contribution < -0.4 is 9.80 Å². The zero-order valence-electron chi connectivity index (χ0n) is 23.7. The maximum Gasteiger partial charge on any atom is 0.269 e. The van der Waals surface area contributed by atoms with Crippen molar-refractivity contribution in [2.75, 3.05) is 37.0 Å². The number of non-ortho nitro benzene ring substituents is 1. The molecule has 2 amide bonds. The highest BCUT2D eigenvalue weighted by molar-refractivity contribution is 7.89. The number of carbonyl (C=O) groups excluding carboxylic acids is 2. The summed E-state index contributed by atoms with van der Waals surface area (Å²) in [6, 6.07) is 15.1. The third kappa shape index (κ3) is 4.31. The predicted octanol–water partition coefficient (Wildman–Crippen LogP) is 3.62. The van der Waals surface area contributed by atoms with E-state index in [1.807, 2.05) is 37.2 Å². The van der Waals surface area contributed by atoms with Crippen molar-refractivity contribution in [3.63, 3.8) is 0 Å². The van der Waals surface area contributed by atoms with Crippen LogP contribution in [0.3, 0.4) is 0 Å². The topological polar surface area (TPSA) is 124 Å². The van der Waals surface area contributed by atoms with Gasteiger partial charge in [-0.1, -0.05) is 31.2 Å². The number of fused-ring (bicyclic) bond motifs is 2. The number of carbonyl (C=O) groups is 2. The molecule has 0 radical (unpaired) electrons. The molecule has 0 aliphatic carbocycles. The van der Waals surface area contributed by atoms with Crippen molar-refractivity contribution in [2.45, 2.75) is 49.2 Å². The van der Waals surface area contributed by atoms with Crippen molar-refractivity contribution in [2.24, 2.45) is 5.92 Å². The molecule has 3 aromatic carbocycles. The first-order chi connectivity index (χ1) is 20.0. The van der Waals surface area contributed by atoms with Crippen LogP contribution >= 0.6 is 0 Å². The maximum absolute atomic E-state index is 14.1. The van der Waals surface area contributed by atoms with E-state index in [4.69, 9.17) is 0 Å². The minimum Gasteiger partial charge on any atom is -0.377 e. The van der Waals surface area contributed by atoms with Gasteiger partial charge < -0.3 is 14.7 Å². The molecule has 3 aliphatic heterocycles. The Morgan fingerprint density at radius 1 is 0.976 bits per heavy atom. The summed E-state index contributed by atoms with van der Waals surface area (Å²) in [4.78, 5) is 43.6. The summed E-state index contributed by atoms with van der Waals surface area (Å²) in [7, 11) is -0.191. The molecule has 0 aromatic heterocycles. The van der Waals surface area contributed by atoms with E-state index in [1.54, 1.807) is 47.1 Å². The zero-order valence-corrected chi connectivity index (χ0v) is 24.5. The molecule has 4 atom stereocenters. The highest BCUT2D eigenvalue weighted by Crippen LogP contribution is 2.41. The van der Waals surface area contributed by atoms with E-state index >= 15 is 0 Å². The first-order valence-corrected chi connectivity index (χ1v) is 15.6. The van der Waals surface area contributed by atoms with Gasteiger partial charge in [-0.2, -0.15) is 4.31 Å². The second-order valence-corrected chi connectivity index (χ2v) is 13.3. The number of likely N-dealkylation sites (tertiary alicyclic amines) is 1. The van der Waals surface area contributed by atoms with Gasteiger partial charge in [0, 0.05) is 61.5 Å². The van der Waals surface area contributed by atoms with E-state index in [9.17, 15) is 28.1 Å². The van der Waals surface area contributed by atoms with Crippen LogP contribution in [0, 0.1) is 16.0 Å². The minimum absolute atomic E-state index is 0.0649. The number of hydrogen-bond donors (Lipinski definition) is 0. The summed E-state index contributed by atoms with van der Waals surface area (Å²) < 4.78 is 29.6. The van der Waals surface area contributed by atoms with E-state index < -0.39 is 32.9 Å². The Hall–Kier alpha value is -4.03. The average Bonchev–Trinajstić information content (AvgIpc) is 3.69. The van der Waals surface area contributed by atoms with Crippen molar-refractivity contribution >= 4 is 49.7 Å². The van der Waals surface area contributed by atoms with Crippen molar-refractivity contribution < 1.29 is 22.9 Å². The highest BCUT2D eigenvalue weighted by atomic mass is 32.2. The lowest BCUT2D eigenvalue weighted by Crippen LogP contribution is -2.51. The van der Waals surface area contributed by atoms with Crippen LogP contribution in [0.5, 0.6) is 0 Å². The Balaban J connectivity index is 1.29. The predicted molar refractivity (Wildman–Crippen MR) is 159 cm³/mol. The van der Waals surface area contributed by atoms with E-state index in [0.29, 0.717) is 36.9 Å². The smallest absolute Gasteiger partial charge is 0.269 e. The largest absolute Gasteiger partial charge is 0.377 e. The Morgan fingerprint density at radius 3 is 2.36 bits per heavy atom. The third-order valence-electron chi connectivity index (χ3n) is 8.93. The molecule has 3 saturated heterocycles. The van der Waals surface area contributed by atoms with Crippen LogP contribution in [-0.2, 0) is 19.6 Å². The van der Waals surface area contributed by atoms with Gasteiger partial charge in [-0.3, -0.25) is 19.7 Å². The van der Waals surface area contributed by atoms with Gasteiger partial charge in [-0.05, 0) is 43.5 Å². The van der Waals surface area contributed by atoms with E-state index in [2.05, 4.69) is 0 Å². The number of sulfonamides is 1. The van der Waals surface area contributed by atoms with Crippen LogP contribution in [-0.4, -0.2) is 79.7 Å². The minimum atomic E-state index is -4.01. The van der Waals surface area contributed by atoms with E-state index in [0.717, 1.165) is 11.1 Å². The Labute approximate surface area is 244 Å². The molecule has 0 bridgehead atoms. The normalized spacial score (nSPS) is 24.4. The van der Waals surface area contributed by atoms with Gasteiger partial charge >= 0.3 is 0 Å². The monoisotopic (exact) mass is 591 g/mol. The molecule has 220 valence electrons. The number of nitro groups is 1. The van der Waals surface area contributed by atoms with E-state index in [1.165, 1.54) is 16.4 Å². The summed E-state index contributed by atoms with van der Waals surface area (Å²) in [5, 5.41) is 12.5. The highest BCUT2D eigenvalue weighted by Gasteiger charge is 2.55. The van der Waals surface area contributed by atoms with Crippen LogP contribution in [0.15, 0.2) is 65.6 Å². The van der Waals surface area contributed by atoms with Crippen molar-refractivity contribution in [3.05, 3.63) is 70.8 Å². The lowest BCUT2D eigenvalue weighted by Gasteiger charge is -2.32. The number of hydrogen-bond acceptors (Lipinski definition) is 7. The Morgan fingerprint density at radius 2 is 1.67 bits per heavy atom. The first-order valence-electron chi connectivity index (χ1n) is 14.1. The zero-order chi connectivity index (χ0) is 29.9. The maximum atomic E-state index is 14.1. The van der Waals surface area contributed by atoms with Crippen molar-refractivity contribution in [1.29, 1.82) is 0 Å². The third-order valence-corrected chi connectivity index (χ3v) is 10.9. The second kappa shape index (κ2) is 10.4. The molecule has 0 saturated carbocycles.